The number of anilines is 1. The van der Waals surface area contributed by atoms with Crippen molar-refractivity contribution in [2.24, 2.45) is 5.92 Å². The summed E-state index contributed by atoms with van der Waals surface area (Å²) in [6.07, 6.45) is 12.2. The summed E-state index contributed by atoms with van der Waals surface area (Å²) in [6.45, 7) is 5.58. The van der Waals surface area contributed by atoms with E-state index in [9.17, 15) is 0 Å². The summed E-state index contributed by atoms with van der Waals surface area (Å²) in [6, 6.07) is 11.6. The molecule has 2 aliphatic rings. The molecule has 1 aromatic carbocycles. The molecule has 0 amide bonds. The summed E-state index contributed by atoms with van der Waals surface area (Å²) in [7, 11) is 1.64. The van der Waals surface area contributed by atoms with Crippen LogP contribution in [0.1, 0.15) is 50.6 Å². The molecular weight excluding hydrogens is 412 g/mol. The minimum Gasteiger partial charge on any atom is -0.495 e. The monoisotopic (exact) mass is 446 g/mol. The first-order valence-corrected chi connectivity index (χ1v) is 12.2. The highest BCUT2D eigenvalue weighted by Gasteiger charge is 2.23. The largest absolute Gasteiger partial charge is 0.495 e. The van der Waals surface area contributed by atoms with Crippen molar-refractivity contribution in [3.8, 4) is 17.0 Å². The van der Waals surface area contributed by atoms with E-state index in [1.165, 1.54) is 49.9 Å². The molecule has 5 rings (SSSR count). The summed E-state index contributed by atoms with van der Waals surface area (Å²) in [4.78, 5) is 6.75. The van der Waals surface area contributed by atoms with Crippen LogP contribution in [-0.2, 0) is 0 Å². The van der Waals surface area contributed by atoms with E-state index >= 15 is 0 Å². The van der Waals surface area contributed by atoms with Crippen molar-refractivity contribution in [2.75, 3.05) is 31.6 Å². The van der Waals surface area contributed by atoms with Crippen LogP contribution in [0.3, 0.4) is 0 Å². The number of hydrogen-bond acceptors (Lipinski definition) is 6. The first-order chi connectivity index (χ1) is 16.2. The average molecular weight is 447 g/mol. The SMILES string of the molecule is COc1cncc(-c2cn(C(C)c3ccc(N4CCC[C@@H](NCC5CCC5)C4)cc3)nn2)c1. The lowest BCUT2D eigenvalue weighted by molar-refractivity contribution is 0.280. The molecule has 3 heterocycles. The van der Waals surface area contributed by atoms with E-state index < -0.39 is 0 Å². The van der Waals surface area contributed by atoms with E-state index in [1.807, 2.05) is 16.9 Å². The van der Waals surface area contributed by atoms with Gasteiger partial charge in [-0.2, -0.15) is 0 Å². The Morgan fingerprint density at radius 3 is 2.73 bits per heavy atom. The van der Waals surface area contributed by atoms with Crippen molar-refractivity contribution < 1.29 is 4.74 Å². The van der Waals surface area contributed by atoms with Gasteiger partial charge in [-0.05, 0) is 68.8 Å². The van der Waals surface area contributed by atoms with E-state index in [2.05, 4.69) is 56.7 Å². The number of nitrogens with one attached hydrogen (secondary N) is 1. The highest BCUT2D eigenvalue weighted by molar-refractivity contribution is 5.58. The molecule has 7 heteroatoms. The van der Waals surface area contributed by atoms with Gasteiger partial charge in [0.2, 0.25) is 0 Å². The Bertz CT molecular complexity index is 1040. The van der Waals surface area contributed by atoms with Crippen molar-refractivity contribution in [3.05, 3.63) is 54.5 Å². The number of piperidine rings is 1. The molecule has 2 fully saturated rings. The lowest BCUT2D eigenvalue weighted by atomic mass is 9.85. The maximum absolute atomic E-state index is 5.27. The molecule has 1 aliphatic carbocycles. The second kappa shape index (κ2) is 9.91. The number of benzene rings is 1. The lowest BCUT2D eigenvalue weighted by Gasteiger charge is -2.36. The van der Waals surface area contributed by atoms with E-state index in [0.717, 1.165) is 30.3 Å². The van der Waals surface area contributed by atoms with Crippen LogP contribution in [0.25, 0.3) is 11.3 Å². The fraction of sp³-hybridized carbons (Fsp3) is 0.500. The summed E-state index contributed by atoms with van der Waals surface area (Å²) < 4.78 is 7.18. The molecule has 1 unspecified atom stereocenters. The van der Waals surface area contributed by atoms with Gasteiger partial charge < -0.3 is 15.0 Å². The van der Waals surface area contributed by atoms with Crippen molar-refractivity contribution >= 4 is 5.69 Å². The Morgan fingerprint density at radius 1 is 1.12 bits per heavy atom. The van der Waals surface area contributed by atoms with Crippen LogP contribution in [0.5, 0.6) is 5.75 Å². The Morgan fingerprint density at radius 2 is 1.97 bits per heavy atom. The van der Waals surface area contributed by atoms with Crippen LogP contribution in [0.4, 0.5) is 5.69 Å². The predicted molar refractivity (Wildman–Crippen MR) is 131 cm³/mol. The van der Waals surface area contributed by atoms with Crippen LogP contribution < -0.4 is 15.0 Å². The van der Waals surface area contributed by atoms with Crippen molar-refractivity contribution in [1.29, 1.82) is 0 Å². The molecule has 33 heavy (non-hydrogen) atoms. The van der Waals surface area contributed by atoms with Crippen molar-refractivity contribution in [1.82, 2.24) is 25.3 Å². The number of ether oxygens (including phenoxy) is 1. The number of aromatic nitrogens is 4. The van der Waals surface area contributed by atoms with Gasteiger partial charge >= 0.3 is 0 Å². The Hall–Kier alpha value is -2.93. The van der Waals surface area contributed by atoms with Gasteiger partial charge in [-0.25, -0.2) is 4.68 Å². The maximum atomic E-state index is 5.27. The third-order valence-corrected chi connectivity index (χ3v) is 7.23. The smallest absolute Gasteiger partial charge is 0.137 e. The fourth-order valence-electron chi connectivity index (χ4n) is 4.79. The standard InChI is InChI=1S/C26H34N6O/c1-19(32-18-26(29-30-32)22-13-25(33-2)16-27-15-22)21-8-10-24(11-9-21)31-12-4-7-23(17-31)28-14-20-5-3-6-20/h8-11,13,15-16,18-20,23,28H,3-7,12,14,17H2,1-2H3/t19?,23-/m1/s1. The number of methoxy groups -OCH3 is 1. The van der Waals surface area contributed by atoms with Crippen LogP contribution in [-0.4, -0.2) is 52.8 Å². The molecule has 1 saturated heterocycles. The van der Waals surface area contributed by atoms with Gasteiger partial charge in [-0.15, -0.1) is 5.10 Å². The molecule has 1 aliphatic heterocycles. The summed E-state index contributed by atoms with van der Waals surface area (Å²) in [5.74, 6) is 1.63. The summed E-state index contributed by atoms with van der Waals surface area (Å²) >= 11 is 0. The van der Waals surface area contributed by atoms with Gasteiger partial charge in [0.15, 0.2) is 0 Å². The van der Waals surface area contributed by atoms with E-state index in [4.69, 9.17) is 4.74 Å². The zero-order valence-corrected chi connectivity index (χ0v) is 19.7. The molecule has 7 nitrogen and oxygen atoms in total. The average Bonchev–Trinajstić information content (AvgIpc) is 3.33. The molecule has 0 spiro atoms. The Kier molecular flexibility index (Phi) is 6.58. The highest BCUT2D eigenvalue weighted by atomic mass is 16.5. The number of nitrogens with zero attached hydrogens (tertiary/aromatic N) is 5. The Balaban J connectivity index is 1.22. The fourth-order valence-corrected chi connectivity index (χ4v) is 4.79. The number of hydrogen-bond donors (Lipinski definition) is 1. The molecule has 2 atom stereocenters. The minimum atomic E-state index is 0.0946. The quantitative estimate of drug-likeness (QED) is 0.556. The topological polar surface area (TPSA) is 68.1 Å². The first kappa shape index (κ1) is 21.9. The lowest BCUT2D eigenvalue weighted by Crippen LogP contribution is -2.47. The molecule has 174 valence electrons. The van der Waals surface area contributed by atoms with Crippen LogP contribution in [0.2, 0.25) is 0 Å². The van der Waals surface area contributed by atoms with Crippen LogP contribution in [0, 0.1) is 5.92 Å². The van der Waals surface area contributed by atoms with Crippen LogP contribution >= 0.6 is 0 Å². The molecule has 0 bridgehead atoms. The van der Waals surface area contributed by atoms with Gasteiger partial charge in [0.1, 0.15) is 11.4 Å². The molecule has 2 aromatic heterocycles. The molecule has 1 N–H and O–H groups in total. The van der Waals surface area contributed by atoms with Crippen molar-refractivity contribution in [3.63, 3.8) is 0 Å². The normalized spacial score (nSPS) is 19.8. The second-order valence-electron chi connectivity index (χ2n) is 9.46. The van der Waals surface area contributed by atoms with Gasteiger partial charge in [-0.1, -0.05) is 23.8 Å². The molecule has 0 radical (unpaired) electrons. The van der Waals surface area contributed by atoms with Gasteiger partial charge in [0, 0.05) is 36.6 Å². The highest BCUT2D eigenvalue weighted by Crippen LogP contribution is 2.28. The summed E-state index contributed by atoms with van der Waals surface area (Å²) in [5, 5.41) is 12.5. The van der Waals surface area contributed by atoms with E-state index in [1.54, 1.807) is 19.5 Å². The number of pyridine rings is 1. The van der Waals surface area contributed by atoms with E-state index in [-0.39, 0.29) is 6.04 Å². The third-order valence-electron chi connectivity index (χ3n) is 7.23. The zero-order valence-electron chi connectivity index (χ0n) is 19.7. The Labute approximate surface area is 196 Å². The number of rotatable bonds is 8. The van der Waals surface area contributed by atoms with Gasteiger partial charge in [-0.3, -0.25) is 4.98 Å². The first-order valence-electron chi connectivity index (χ1n) is 12.2. The van der Waals surface area contributed by atoms with Crippen LogP contribution in [0.15, 0.2) is 48.9 Å². The predicted octanol–water partition coefficient (Wildman–Crippen LogP) is 4.32. The van der Waals surface area contributed by atoms with E-state index in [0.29, 0.717) is 11.8 Å². The maximum Gasteiger partial charge on any atom is 0.137 e. The molecule has 3 aromatic rings. The minimum absolute atomic E-state index is 0.0946. The third kappa shape index (κ3) is 5.03. The zero-order chi connectivity index (χ0) is 22.6. The summed E-state index contributed by atoms with van der Waals surface area (Å²) in [5.41, 5.74) is 4.21. The second-order valence-corrected chi connectivity index (χ2v) is 9.46. The molecular formula is C26H34N6O. The van der Waals surface area contributed by atoms with Gasteiger partial charge in [0.05, 0.1) is 25.5 Å². The van der Waals surface area contributed by atoms with Crippen molar-refractivity contribution in [2.45, 2.75) is 51.1 Å². The molecule has 1 saturated carbocycles. The van der Waals surface area contributed by atoms with Gasteiger partial charge in [0.25, 0.3) is 0 Å².